The summed E-state index contributed by atoms with van der Waals surface area (Å²) in [6, 6.07) is 4.37. The summed E-state index contributed by atoms with van der Waals surface area (Å²) < 4.78 is 4.18. The molecule has 1 amide bonds. The summed E-state index contributed by atoms with van der Waals surface area (Å²) in [5.74, 6) is 0.647. The second-order valence-corrected chi connectivity index (χ2v) is 8.12. The van der Waals surface area contributed by atoms with Crippen LogP contribution in [0.1, 0.15) is 54.9 Å². The molecule has 146 valence electrons. The van der Waals surface area contributed by atoms with Crippen LogP contribution in [-0.2, 0) is 6.54 Å². The zero-order chi connectivity index (χ0) is 18.9. The highest BCUT2D eigenvalue weighted by molar-refractivity contribution is 5.96. The predicted molar refractivity (Wildman–Crippen MR) is 106 cm³/mol. The van der Waals surface area contributed by atoms with Gasteiger partial charge in [0.1, 0.15) is 5.52 Å². The first-order valence-corrected chi connectivity index (χ1v) is 10.4. The maximum absolute atomic E-state index is 13.0. The quantitative estimate of drug-likeness (QED) is 0.699. The van der Waals surface area contributed by atoms with Crippen LogP contribution < -0.4 is 0 Å². The van der Waals surface area contributed by atoms with Gasteiger partial charge in [-0.15, -0.1) is 0 Å². The number of pyridine rings is 1. The van der Waals surface area contributed by atoms with E-state index in [0.717, 1.165) is 43.6 Å². The molecule has 0 spiro atoms. The van der Waals surface area contributed by atoms with E-state index in [9.17, 15) is 4.79 Å². The van der Waals surface area contributed by atoms with Gasteiger partial charge in [-0.25, -0.2) is 9.97 Å². The molecule has 1 saturated carbocycles. The van der Waals surface area contributed by atoms with E-state index in [2.05, 4.69) is 19.6 Å². The molecule has 4 heterocycles. The van der Waals surface area contributed by atoms with E-state index in [-0.39, 0.29) is 5.91 Å². The number of imidazole rings is 1. The van der Waals surface area contributed by atoms with E-state index >= 15 is 0 Å². The van der Waals surface area contributed by atoms with Gasteiger partial charge in [0, 0.05) is 44.3 Å². The van der Waals surface area contributed by atoms with Crippen LogP contribution in [-0.4, -0.2) is 48.2 Å². The first-order valence-electron chi connectivity index (χ1n) is 10.4. The highest BCUT2D eigenvalue weighted by atomic mass is 16.2. The molecule has 1 saturated heterocycles. The molecule has 0 atom stereocenters. The molecule has 0 unspecified atom stereocenters. The number of hydrogen-bond acceptors (Lipinski definition) is 4. The minimum absolute atomic E-state index is 0.0716. The van der Waals surface area contributed by atoms with Crippen molar-refractivity contribution in [1.29, 1.82) is 0 Å². The van der Waals surface area contributed by atoms with Crippen molar-refractivity contribution in [1.82, 2.24) is 29.2 Å². The minimum atomic E-state index is 0.0716. The Balaban J connectivity index is 1.26. The van der Waals surface area contributed by atoms with Crippen molar-refractivity contribution >= 4 is 17.1 Å². The van der Waals surface area contributed by atoms with E-state index in [1.807, 2.05) is 40.4 Å². The van der Waals surface area contributed by atoms with Crippen molar-refractivity contribution in [2.75, 3.05) is 13.1 Å². The molecule has 1 aliphatic carbocycles. The Morgan fingerprint density at radius 2 is 1.93 bits per heavy atom. The normalized spacial score (nSPS) is 18.9. The van der Waals surface area contributed by atoms with Crippen LogP contribution in [0.2, 0.25) is 0 Å². The third-order valence-electron chi connectivity index (χ3n) is 6.28. The van der Waals surface area contributed by atoms with E-state index in [4.69, 9.17) is 0 Å². The standard InChI is InChI=1S/C21H26N6O/c28-21(25-10-6-16(7-11-25)14-26-9-3-8-24-26)17-12-19-20(22-13-17)27(15-23-19)18-4-1-2-5-18/h3,8-9,12-13,15-16,18H,1-2,4-7,10-11,14H2. The van der Waals surface area contributed by atoms with Gasteiger partial charge in [-0.1, -0.05) is 12.8 Å². The van der Waals surface area contributed by atoms with Gasteiger partial charge in [-0.2, -0.15) is 5.10 Å². The summed E-state index contributed by atoms with van der Waals surface area (Å²) >= 11 is 0. The van der Waals surface area contributed by atoms with Crippen molar-refractivity contribution in [2.45, 2.75) is 51.1 Å². The third-order valence-corrected chi connectivity index (χ3v) is 6.28. The van der Waals surface area contributed by atoms with Crippen LogP contribution in [0.5, 0.6) is 0 Å². The molecular formula is C21H26N6O. The Kier molecular flexibility index (Phi) is 4.58. The molecule has 3 aromatic rings. The number of amides is 1. The van der Waals surface area contributed by atoms with Gasteiger partial charge >= 0.3 is 0 Å². The van der Waals surface area contributed by atoms with Gasteiger partial charge in [0.25, 0.3) is 5.91 Å². The fourth-order valence-corrected chi connectivity index (χ4v) is 4.66. The summed E-state index contributed by atoms with van der Waals surface area (Å²) in [5.41, 5.74) is 2.38. The molecule has 2 aliphatic rings. The number of carbonyl (C=O) groups is 1. The lowest BCUT2D eigenvalue weighted by Crippen LogP contribution is -2.39. The highest BCUT2D eigenvalue weighted by Gasteiger charge is 2.25. The molecule has 0 radical (unpaired) electrons. The van der Waals surface area contributed by atoms with Crippen molar-refractivity contribution in [3.05, 3.63) is 42.6 Å². The maximum atomic E-state index is 13.0. The van der Waals surface area contributed by atoms with Crippen molar-refractivity contribution < 1.29 is 4.79 Å². The predicted octanol–water partition coefficient (Wildman–Crippen LogP) is 3.30. The molecule has 28 heavy (non-hydrogen) atoms. The summed E-state index contributed by atoms with van der Waals surface area (Å²) in [5, 5.41) is 4.29. The monoisotopic (exact) mass is 378 g/mol. The van der Waals surface area contributed by atoms with Gasteiger partial charge in [-0.3, -0.25) is 9.48 Å². The van der Waals surface area contributed by atoms with E-state index < -0.39 is 0 Å². The molecule has 0 N–H and O–H groups in total. The minimum Gasteiger partial charge on any atom is -0.339 e. The third kappa shape index (κ3) is 3.30. The summed E-state index contributed by atoms with van der Waals surface area (Å²) in [6.07, 6.45) is 14.4. The zero-order valence-electron chi connectivity index (χ0n) is 16.1. The van der Waals surface area contributed by atoms with E-state index in [0.29, 0.717) is 17.5 Å². The number of aromatic nitrogens is 5. The Morgan fingerprint density at radius 1 is 1.11 bits per heavy atom. The van der Waals surface area contributed by atoms with E-state index in [1.165, 1.54) is 25.7 Å². The van der Waals surface area contributed by atoms with Crippen LogP contribution in [0, 0.1) is 5.92 Å². The Labute approximate surface area is 164 Å². The topological polar surface area (TPSA) is 68.8 Å². The largest absolute Gasteiger partial charge is 0.339 e. The summed E-state index contributed by atoms with van der Waals surface area (Å²) in [7, 11) is 0. The molecule has 7 nitrogen and oxygen atoms in total. The number of nitrogens with zero attached hydrogens (tertiary/aromatic N) is 6. The number of rotatable bonds is 4. The molecular weight excluding hydrogens is 352 g/mol. The first-order chi connectivity index (χ1) is 13.8. The van der Waals surface area contributed by atoms with Crippen LogP contribution in [0.15, 0.2) is 37.1 Å². The van der Waals surface area contributed by atoms with Crippen molar-refractivity contribution in [3.63, 3.8) is 0 Å². The molecule has 3 aromatic heterocycles. The lowest BCUT2D eigenvalue weighted by Gasteiger charge is -2.32. The average Bonchev–Trinajstić information content (AvgIpc) is 3.48. The van der Waals surface area contributed by atoms with Crippen molar-refractivity contribution in [2.24, 2.45) is 5.92 Å². The van der Waals surface area contributed by atoms with Crippen molar-refractivity contribution in [3.8, 4) is 0 Å². The number of piperidine rings is 1. The van der Waals surface area contributed by atoms with Gasteiger partial charge in [0.2, 0.25) is 0 Å². The first kappa shape index (κ1) is 17.4. The average molecular weight is 378 g/mol. The SMILES string of the molecule is O=C(c1cnc2c(c1)ncn2C1CCCC1)N1CCC(Cn2cccn2)CC1. The van der Waals surface area contributed by atoms with Gasteiger partial charge < -0.3 is 9.47 Å². The van der Waals surface area contributed by atoms with Crippen LogP contribution >= 0.6 is 0 Å². The molecule has 5 rings (SSSR count). The van der Waals surface area contributed by atoms with Gasteiger partial charge in [-0.05, 0) is 43.7 Å². The lowest BCUT2D eigenvalue weighted by molar-refractivity contribution is 0.0681. The number of hydrogen-bond donors (Lipinski definition) is 0. The van der Waals surface area contributed by atoms with Gasteiger partial charge in [0.05, 0.1) is 11.9 Å². The number of likely N-dealkylation sites (tertiary alicyclic amines) is 1. The molecule has 0 aromatic carbocycles. The fourth-order valence-electron chi connectivity index (χ4n) is 4.66. The fraction of sp³-hybridized carbons (Fsp3) is 0.524. The second kappa shape index (κ2) is 7.37. The Bertz CT molecular complexity index is 949. The van der Waals surface area contributed by atoms with E-state index in [1.54, 1.807) is 6.20 Å². The Morgan fingerprint density at radius 3 is 2.68 bits per heavy atom. The molecule has 1 aliphatic heterocycles. The molecule has 7 heteroatoms. The second-order valence-electron chi connectivity index (χ2n) is 8.12. The van der Waals surface area contributed by atoms with Crippen LogP contribution in [0.3, 0.4) is 0 Å². The summed E-state index contributed by atoms with van der Waals surface area (Å²) in [6.45, 7) is 2.51. The number of fused-ring (bicyclic) bond motifs is 1. The van der Waals surface area contributed by atoms with Crippen LogP contribution in [0.4, 0.5) is 0 Å². The molecule has 0 bridgehead atoms. The Hall–Kier alpha value is -2.70. The maximum Gasteiger partial charge on any atom is 0.255 e. The highest BCUT2D eigenvalue weighted by Crippen LogP contribution is 2.31. The zero-order valence-corrected chi connectivity index (χ0v) is 16.1. The lowest BCUT2D eigenvalue weighted by atomic mass is 9.96. The summed E-state index contributed by atoms with van der Waals surface area (Å²) in [4.78, 5) is 24.1. The smallest absolute Gasteiger partial charge is 0.255 e. The van der Waals surface area contributed by atoms with Gasteiger partial charge in [0.15, 0.2) is 5.65 Å². The molecule has 2 fully saturated rings. The van der Waals surface area contributed by atoms with Crippen LogP contribution in [0.25, 0.3) is 11.2 Å². The number of carbonyl (C=O) groups excluding carboxylic acids is 1.